The van der Waals surface area contributed by atoms with Crippen molar-refractivity contribution in [2.75, 3.05) is 26.7 Å². The minimum Gasteiger partial charge on any atom is -1.00 e. The van der Waals surface area contributed by atoms with E-state index in [4.69, 9.17) is 9.15 Å². The van der Waals surface area contributed by atoms with E-state index in [0.717, 1.165) is 30.5 Å². The van der Waals surface area contributed by atoms with E-state index in [1.807, 2.05) is 6.92 Å². The summed E-state index contributed by atoms with van der Waals surface area (Å²) in [4.78, 5) is 11.8. The van der Waals surface area contributed by atoms with Gasteiger partial charge in [0.05, 0.1) is 26.7 Å². The first-order valence-electron chi connectivity index (χ1n) is 6.70. The van der Waals surface area contributed by atoms with E-state index >= 15 is 0 Å². The number of carbonyl (C=O) groups excluding carboxylic acids is 1. The smallest absolute Gasteiger partial charge is 0.374 e. The van der Waals surface area contributed by atoms with Crippen LogP contribution in [-0.2, 0) is 4.74 Å². The topological polar surface area (TPSA) is 39.4 Å². The van der Waals surface area contributed by atoms with Crippen LogP contribution in [-0.4, -0.2) is 43.2 Å². The summed E-state index contributed by atoms with van der Waals surface area (Å²) in [5.74, 6) is -0.164. The number of carbonyl (C=O) groups is 1. The Kier molecular flexibility index (Phi) is 9.01. The molecule has 1 aromatic heterocycles. The summed E-state index contributed by atoms with van der Waals surface area (Å²) >= 11 is 3.17. The SMILES string of the molecule is CC[N+](C)(CC)CC[C@@H](C)OC(=O)c1ccc(Br)o1.[I-]. The number of ether oxygens (including phenoxy) is 1. The fraction of sp³-hybridized carbons (Fsp3) is 0.643. The number of furan rings is 1. The van der Waals surface area contributed by atoms with Gasteiger partial charge in [0.2, 0.25) is 5.76 Å². The maximum absolute atomic E-state index is 11.8. The van der Waals surface area contributed by atoms with Crippen LogP contribution in [0.15, 0.2) is 21.2 Å². The first-order chi connectivity index (χ1) is 8.90. The van der Waals surface area contributed by atoms with Gasteiger partial charge in [0, 0.05) is 6.42 Å². The second-order valence-electron chi connectivity index (χ2n) is 5.08. The molecule has 4 nitrogen and oxygen atoms in total. The molecule has 1 rings (SSSR count). The molecule has 116 valence electrons. The summed E-state index contributed by atoms with van der Waals surface area (Å²) in [6, 6.07) is 3.29. The van der Waals surface area contributed by atoms with Crippen LogP contribution in [0.4, 0.5) is 0 Å². The van der Waals surface area contributed by atoms with Crippen LogP contribution in [0.1, 0.15) is 37.7 Å². The number of nitrogens with zero attached hydrogens (tertiary/aromatic N) is 1. The number of quaternary nitrogens is 1. The summed E-state index contributed by atoms with van der Waals surface area (Å²) in [5, 5.41) is 0. The zero-order chi connectivity index (χ0) is 14.5. The van der Waals surface area contributed by atoms with Crippen LogP contribution in [0, 0.1) is 0 Å². The summed E-state index contributed by atoms with van der Waals surface area (Å²) in [6.45, 7) is 9.46. The van der Waals surface area contributed by atoms with Crippen LogP contribution in [0.5, 0.6) is 0 Å². The van der Waals surface area contributed by atoms with E-state index in [9.17, 15) is 4.79 Å². The molecule has 0 unspecified atom stereocenters. The van der Waals surface area contributed by atoms with Crippen molar-refractivity contribution in [1.29, 1.82) is 0 Å². The largest absolute Gasteiger partial charge is 1.00 e. The molecule has 0 saturated carbocycles. The van der Waals surface area contributed by atoms with E-state index in [1.165, 1.54) is 0 Å². The van der Waals surface area contributed by atoms with Crippen LogP contribution in [0.3, 0.4) is 0 Å². The Morgan fingerprint density at radius 1 is 1.40 bits per heavy atom. The van der Waals surface area contributed by atoms with Crippen molar-refractivity contribution in [3.8, 4) is 0 Å². The maximum Gasteiger partial charge on any atom is 0.374 e. The molecule has 0 fully saturated rings. The van der Waals surface area contributed by atoms with Gasteiger partial charge in [-0.1, -0.05) is 0 Å². The Morgan fingerprint density at radius 3 is 2.45 bits per heavy atom. The molecule has 0 aliphatic heterocycles. The van der Waals surface area contributed by atoms with Gasteiger partial charge in [-0.05, 0) is 48.8 Å². The standard InChI is InChI=1S/C14H23BrNO3.HI/c1-5-16(4,6-2)10-9-11(3)18-14(17)12-7-8-13(15)19-12;/h7-8,11H,5-6,9-10H2,1-4H3;1H/q+1;/p-1/t11-;/m1./s1. The summed E-state index contributed by atoms with van der Waals surface area (Å²) in [5.41, 5.74) is 0. The quantitative estimate of drug-likeness (QED) is 0.338. The predicted octanol–water partition coefficient (Wildman–Crippen LogP) is 0.468. The highest BCUT2D eigenvalue weighted by molar-refractivity contribution is 9.10. The lowest BCUT2D eigenvalue weighted by Crippen LogP contribution is -3.00. The fourth-order valence-electron chi connectivity index (χ4n) is 1.76. The zero-order valence-electron chi connectivity index (χ0n) is 12.5. The molecule has 1 heterocycles. The van der Waals surface area contributed by atoms with Crippen molar-refractivity contribution >= 4 is 21.9 Å². The first kappa shape index (κ1) is 19.9. The highest BCUT2D eigenvalue weighted by atomic mass is 127. The maximum atomic E-state index is 11.8. The Morgan fingerprint density at radius 2 is 2.00 bits per heavy atom. The molecular weight excluding hydrogens is 437 g/mol. The molecule has 0 radical (unpaired) electrons. The van der Waals surface area contributed by atoms with Gasteiger partial charge in [-0.15, -0.1) is 0 Å². The molecule has 0 bridgehead atoms. The third-order valence-corrected chi connectivity index (χ3v) is 4.11. The van der Waals surface area contributed by atoms with E-state index in [0.29, 0.717) is 4.67 Å². The number of halogens is 2. The third-order valence-electron chi connectivity index (χ3n) is 3.68. The molecular formula is C14H23BrINO3. The van der Waals surface area contributed by atoms with E-state index in [-0.39, 0.29) is 35.8 Å². The molecule has 0 N–H and O–H groups in total. The van der Waals surface area contributed by atoms with Gasteiger partial charge in [0.15, 0.2) is 4.67 Å². The summed E-state index contributed by atoms with van der Waals surface area (Å²) in [6.07, 6.45) is 0.748. The van der Waals surface area contributed by atoms with Gasteiger partial charge in [-0.2, -0.15) is 0 Å². The zero-order valence-corrected chi connectivity index (χ0v) is 16.2. The van der Waals surface area contributed by atoms with Crippen LogP contribution < -0.4 is 24.0 Å². The van der Waals surface area contributed by atoms with Gasteiger partial charge >= 0.3 is 5.97 Å². The van der Waals surface area contributed by atoms with Gasteiger partial charge in [0.1, 0.15) is 6.10 Å². The highest BCUT2D eigenvalue weighted by Crippen LogP contribution is 2.16. The number of hydrogen-bond donors (Lipinski definition) is 0. The van der Waals surface area contributed by atoms with Crippen molar-refractivity contribution in [1.82, 2.24) is 0 Å². The first-order valence-corrected chi connectivity index (χ1v) is 7.49. The van der Waals surface area contributed by atoms with Crippen molar-refractivity contribution in [2.24, 2.45) is 0 Å². The normalized spacial score (nSPS) is 12.7. The molecule has 0 amide bonds. The molecule has 0 spiro atoms. The Hall–Kier alpha value is -0.0800. The Bertz CT molecular complexity index is 418. The monoisotopic (exact) mass is 459 g/mol. The number of hydrogen-bond acceptors (Lipinski definition) is 3. The Balaban J connectivity index is 0.00000361. The average Bonchev–Trinajstić information content (AvgIpc) is 2.83. The second-order valence-corrected chi connectivity index (χ2v) is 5.87. The van der Waals surface area contributed by atoms with Crippen molar-refractivity contribution in [2.45, 2.75) is 33.3 Å². The van der Waals surface area contributed by atoms with Crippen LogP contribution in [0.2, 0.25) is 0 Å². The molecule has 20 heavy (non-hydrogen) atoms. The summed E-state index contributed by atoms with van der Waals surface area (Å²) < 4.78 is 12.1. The van der Waals surface area contributed by atoms with Gasteiger partial charge < -0.3 is 37.6 Å². The second kappa shape index (κ2) is 9.04. The lowest BCUT2D eigenvalue weighted by molar-refractivity contribution is -0.906. The molecule has 0 saturated heterocycles. The lowest BCUT2D eigenvalue weighted by atomic mass is 10.2. The van der Waals surface area contributed by atoms with Crippen molar-refractivity contribution in [3.63, 3.8) is 0 Å². The van der Waals surface area contributed by atoms with E-state index < -0.39 is 5.97 Å². The molecule has 1 aromatic rings. The Labute approximate surface area is 146 Å². The molecule has 0 aliphatic rings. The van der Waals surface area contributed by atoms with Crippen molar-refractivity contribution < 1.29 is 42.4 Å². The molecule has 0 aliphatic carbocycles. The van der Waals surface area contributed by atoms with E-state index in [2.05, 4.69) is 36.8 Å². The molecule has 1 atom stereocenters. The number of esters is 1. The van der Waals surface area contributed by atoms with Gasteiger partial charge in [-0.25, -0.2) is 4.79 Å². The van der Waals surface area contributed by atoms with Crippen LogP contribution in [0.25, 0.3) is 0 Å². The average molecular weight is 460 g/mol. The predicted molar refractivity (Wildman–Crippen MR) is 78.0 cm³/mol. The minimum atomic E-state index is -0.402. The van der Waals surface area contributed by atoms with Crippen LogP contribution >= 0.6 is 15.9 Å². The molecule has 6 heteroatoms. The highest BCUT2D eigenvalue weighted by Gasteiger charge is 2.20. The van der Waals surface area contributed by atoms with E-state index in [1.54, 1.807) is 12.1 Å². The summed E-state index contributed by atoms with van der Waals surface area (Å²) in [7, 11) is 2.22. The third kappa shape index (κ3) is 6.13. The minimum absolute atomic E-state index is 0. The number of rotatable bonds is 7. The lowest BCUT2D eigenvalue weighted by Gasteiger charge is -2.32. The van der Waals surface area contributed by atoms with Crippen molar-refractivity contribution in [3.05, 3.63) is 22.6 Å². The fourth-order valence-corrected chi connectivity index (χ4v) is 2.06. The van der Waals surface area contributed by atoms with Gasteiger partial charge in [-0.3, -0.25) is 0 Å². The molecule has 0 aromatic carbocycles. The van der Waals surface area contributed by atoms with Gasteiger partial charge in [0.25, 0.3) is 0 Å².